The van der Waals surface area contributed by atoms with Crippen molar-refractivity contribution < 1.29 is 14.3 Å². The Labute approximate surface area is 148 Å². The lowest BCUT2D eigenvalue weighted by Gasteiger charge is -2.39. The van der Waals surface area contributed by atoms with E-state index < -0.39 is 5.60 Å². The van der Waals surface area contributed by atoms with Gasteiger partial charge in [-0.2, -0.15) is 0 Å². The Morgan fingerprint density at radius 2 is 2.04 bits per heavy atom. The lowest BCUT2D eigenvalue weighted by Crippen LogP contribution is -2.48. The lowest BCUT2D eigenvalue weighted by atomic mass is 10.0. The topological polar surface area (TPSA) is 51.7 Å². The number of esters is 1. The van der Waals surface area contributed by atoms with E-state index in [1.54, 1.807) is 12.3 Å². The number of rotatable bonds is 2. The monoisotopic (exact) mass is 342 g/mol. The van der Waals surface area contributed by atoms with Crippen LogP contribution in [0.4, 0.5) is 5.69 Å². The van der Waals surface area contributed by atoms with Gasteiger partial charge in [0.2, 0.25) is 0 Å². The van der Waals surface area contributed by atoms with Crippen molar-refractivity contribution in [2.24, 2.45) is 0 Å². The molecule has 1 aromatic heterocycles. The summed E-state index contributed by atoms with van der Waals surface area (Å²) in [5, 5.41) is 0.818. The molecule has 1 saturated heterocycles. The molecule has 0 spiro atoms. The van der Waals surface area contributed by atoms with Crippen LogP contribution in [0.3, 0.4) is 0 Å². The summed E-state index contributed by atoms with van der Waals surface area (Å²) in [6.45, 7) is 12.1. The number of ether oxygens (including phenoxy) is 2. The summed E-state index contributed by atoms with van der Waals surface area (Å²) in [7, 11) is 0. The molecule has 1 aliphatic heterocycles. The van der Waals surface area contributed by atoms with Crippen LogP contribution in [-0.4, -0.2) is 41.9 Å². The van der Waals surface area contributed by atoms with Crippen LogP contribution in [0.25, 0.3) is 10.9 Å². The predicted molar refractivity (Wildman–Crippen MR) is 99.2 cm³/mol. The molecule has 1 aliphatic rings. The smallest absolute Gasteiger partial charge is 0.339 e. The normalized spacial score (nSPS) is 17.6. The van der Waals surface area contributed by atoms with Crippen molar-refractivity contribution in [1.29, 1.82) is 0 Å². The molecule has 2 aromatic rings. The molecule has 5 heteroatoms. The third-order valence-electron chi connectivity index (χ3n) is 4.13. The third-order valence-corrected chi connectivity index (χ3v) is 4.13. The van der Waals surface area contributed by atoms with Crippen LogP contribution in [0.5, 0.6) is 0 Å². The summed E-state index contributed by atoms with van der Waals surface area (Å²) in [4.78, 5) is 19.3. The maximum absolute atomic E-state index is 12.6. The van der Waals surface area contributed by atoms with E-state index in [0.29, 0.717) is 12.2 Å². The SMILES string of the molecule is CC(C)(C)OC(=O)c1ccnc2ccc(N3CCOC(C)(C)C3)cc12. The van der Waals surface area contributed by atoms with Crippen LogP contribution < -0.4 is 4.90 Å². The van der Waals surface area contributed by atoms with Gasteiger partial charge in [-0.25, -0.2) is 4.79 Å². The van der Waals surface area contributed by atoms with E-state index in [0.717, 1.165) is 29.7 Å². The first kappa shape index (κ1) is 17.7. The average Bonchev–Trinajstić information content (AvgIpc) is 2.51. The Balaban J connectivity index is 1.99. The van der Waals surface area contributed by atoms with Gasteiger partial charge in [-0.15, -0.1) is 0 Å². The van der Waals surface area contributed by atoms with E-state index in [1.165, 1.54) is 0 Å². The molecule has 1 aromatic carbocycles. The van der Waals surface area contributed by atoms with Crippen LogP contribution >= 0.6 is 0 Å². The van der Waals surface area contributed by atoms with Crippen LogP contribution in [-0.2, 0) is 9.47 Å². The third kappa shape index (κ3) is 4.10. The molecular weight excluding hydrogens is 316 g/mol. The van der Waals surface area contributed by atoms with Gasteiger partial charge in [0.15, 0.2) is 0 Å². The maximum atomic E-state index is 12.6. The first-order valence-corrected chi connectivity index (χ1v) is 8.66. The quantitative estimate of drug-likeness (QED) is 0.777. The first-order valence-electron chi connectivity index (χ1n) is 8.66. The van der Waals surface area contributed by atoms with Gasteiger partial charge in [-0.1, -0.05) is 0 Å². The second-order valence-corrected chi connectivity index (χ2v) is 8.09. The molecule has 1 fully saturated rings. The minimum Gasteiger partial charge on any atom is -0.456 e. The fraction of sp³-hybridized carbons (Fsp3) is 0.500. The van der Waals surface area contributed by atoms with Crippen molar-refractivity contribution in [2.45, 2.75) is 45.8 Å². The van der Waals surface area contributed by atoms with E-state index in [4.69, 9.17) is 9.47 Å². The van der Waals surface area contributed by atoms with Crippen molar-refractivity contribution in [3.05, 3.63) is 36.0 Å². The molecule has 0 radical (unpaired) electrons. The Morgan fingerprint density at radius 3 is 2.72 bits per heavy atom. The Hall–Kier alpha value is -2.14. The summed E-state index contributed by atoms with van der Waals surface area (Å²) in [6.07, 6.45) is 1.65. The van der Waals surface area contributed by atoms with Crippen LogP contribution in [0.2, 0.25) is 0 Å². The van der Waals surface area contributed by atoms with Gasteiger partial charge in [0.25, 0.3) is 0 Å². The minimum absolute atomic E-state index is 0.184. The first-order chi connectivity index (χ1) is 11.6. The molecule has 0 bridgehead atoms. The van der Waals surface area contributed by atoms with Gasteiger partial charge in [0.05, 0.1) is 23.3 Å². The number of morpholine rings is 1. The van der Waals surface area contributed by atoms with Crippen molar-refractivity contribution in [3.63, 3.8) is 0 Å². The summed E-state index contributed by atoms with van der Waals surface area (Å²) in [5.41, 5.74) is 1.70. The van der Waals surface area contributed by atoms with Crippen LogP contribution in [0, 0.1) is 0 Å². The Kier molecular flexibility index (Phi) is 4.45. The summed E-state index contributed by atoms with van der Waals surface area (Å²) < 4.78 is 11.3. The summed E-state index contributed by atoms with van der Waals surface area (Å²) in [5.74, 6) is -0.320. The highest BCUT2D eigenvalue weighted by atomic mass is 16.6. The number of benzene rings is 1. The van der Waals surface area contributed by atoms with Gasteiger partial charge in [0.1, 0.15) is 5.60 Å². The lowest BCUT2D eigenvalue weighted by molar-refractivity contribution is -0.0277. The molecule has 134 valence electrons. The van der Waals surface area contributed by atoms with Crippen molar-refractivity contribution in [3.8, 4) is 0 Å². The number of hydrogen-bond donors (Lipinski definition) is 0. The molecule has 0 saturated carbocycles. The van der Waals surface area contributed by atoms with Crippen molar-refractivity contribution in [2.75, 3.05) is 24.6 Å². The van der Waals surface area contributed by atoms with Gasteiger partial charge in [-0.3, -0.25) is 4.98 Å². The summed E-state index contributed by atoms with van der Waals surface area (Å²) in [6, 6.07) is 7.77. The fourth-order valence-corrected chi connectivity index (χ4v) is 3.08. The highest BCUT2D eigenvalue weighted by molar-refractivity contribution is 6.04. The van der Waals surface area contributed by atoms with E-state index in [-0.39, 0.29) is 11.6 Å². The molecule has 5 nitrogen and oxygen atoms in total. The van der Waals surface area contributed by atoms with E-state index >= 15 is 0 Å². The molecule has 3 rings (SSSR count). The minimum atomic E-state index is -0.529. The van der Waals surface area contributed by atoms with Crippen molar-refractivity contribution >= 4 is 22.6 Å². The van der Waals surface area contributed by atoms with Gasteiger partial charge in [0, 0.05) is 30.4 Å². The predicted octanol–water partition coefficient (Wildman–Crippen LogP) is 3.81. The summed E-state index contributed by atoms with van der Waals surface area (Å²) >= 11 is 0. The second kappa shape index (κ2) is 6.30. The molecule has 0 amide bonds. The molecule has 2 heterocycles. The molecule has 25 heavy (non-hydrogen) atoms. The maximum Gasteiger partial charge on any atom is 0.339 e. The Morgan fingerprint density at radius 1 is 1.28 bits per heavy atom. The number of pyridine rings is 1. The zero-order valence-corrected chi connectivity index (χ0v) is 15.6. The standard InChI is InChI=1S/C20H26N2O3/c1-19(2,3)25-18(23)15-8-9-21-17-7-6-14(12-16(15)17)22-10-11-24-20(4,5)13-22/h6-9,12H,10-11,13H2,1-5H3. The number of aromatic nitrogens is 1. The van der Waals surface area contributed by atoms with Crippen LogP contribution in [0.1, 0.15) is 45.0 Å². The Bertz CT molecular complexity index is 793. The zero-order valence-electron chi connectivity index (χ0n) is 15.6. The number of fused-ring (bicyclic) bond motifs is 1. The number of anilines is 1. The molecule has 0 aliphatic carbocycles. The van der Waals surface area contributed by atoms with E-state index in [2.05, 4.69) is 29.8 Å². The highest BCUT2D eigenvalue weighted by Gasteiger charge is 2.28. The number of nitrogens with zero attached hydrogens (tertiary/aromatic N) is 2. The molecular formula is C20H26N2O3. The number of hydrogen-bond acceptors (Lipinski definition) is 5. The second-order valence-electron chi connectivity index (χ2n) is 8.09. The molecule has 0 atom stereocenters. The van der Waals surface area contributed by atoms with Crippen molar-refractivity contribution in [1.82, 2.24) is 4.98 Å². The van der Waals surface area contributed by atoms with E-state index in [9.17, 15) is 4.79 Å². The highest BCUT2D eigenvalue weighted by Crippen LogP contribution is 2.28. The fourth-order valence-electron chi connectivity index (χ4n) is 3.08. The molecule has 0 unspecified atom stereocenters. The van der Waals surface area contributed by atoms with E-state index in [1.807, 2.05) is 32.9 Å². The number of carbonyl (C=O) groups is 1. The average molecular weight is 342 g/mol. The zero-order chi connectivity index (χ0) is 18.2. The molecule has 0 N–H and O–H groups in total. The number of carbonyl (C=O) groups excluding carboxylic acids is 1. The van der Waals surface area contributed by atoms with Crippen LogP contribution in [0.15, 0.2) is 30.5 Å². The van der Waals surface area contributed by atoms with Gasteiger partial charge >= 0.3 is 5.97 Å². The van der Waals surface area contributed by atoms with Gasteiger partial charge < -0.3 is 14.4 Å². The largest absolute Gasteiger partial charge is 0.456 e. The van der Waals surface area contributed by atoms with Gasteiger partial charge in [-0.05, 0) is 58.9 Å².